The number of carbonyl (C=O) groups excluding carboxylic acids is 1. The van der Waals surface area contributed by atoms with E-state index in [1.54, 1.807) is 25.2 Å². The second kappa shape index (κ2) is 8.36. The van der Waals surface area contributed by atoms with Gasteiger partial charge in [-0.2, -0.15) is 0 Å². The molecule has 8 heteroatoms. The van der Waals surface area contributed by atoms with Gasteiger partial charge in [0.2, 0.25) is 10.0 Å². The quantitative estimate of drug-likeness (QED) is 0.471. The Kier molecular flexibility index (Phi) is 6.03. The van der Waals surface area contributed by atoms with Gasteiger partial charge in [-0.3, -0.25) is 9.10 Å². The number of nitrogens with one attached hydrogen (secondary N) is 1. The first kappa shape index (κ1) is 25.2. The number of fused-ring (bicyclic) bond motifs is 1. The fourth-order valence-electron chi connectivity index (χ4n) is 5.16. The summed E-state index contributed by atoms with van der Waals surface area (Å²) in [6, 6.07) is 9.37. The molecule has 3 aromatic rings. The van der Waals surface area contributed by atoms with E-state index < -0.39 is 15.8 Å². The molecule has 1 fully saturated rings. The third-order valence-corrected chi connectivity index (χ3v) is 9.21. The molecule has 0 unspecified atom stereocenters. The van der Waals surface area contributed by atoms with E-state index in [2.05, 4.69) is 33.0 Å². The van der Waals surface area contributed by atoms with Crippen molar-refractivity contribution in [2.24, 2.45) is 10.8 Å². The predicted molar refractivity (Wildman–Crippen MR) is 138 cm³/mol. The van der Waals surface area contributed by atoms with E-state index >= 15 is 0 Å². The molecule has 0 saturated heterocycles. The maximum Gasteiger partial charge on any atom is 0.255 e. The topological polar surface area (TPSA) is 79.6 Å². The van der Waals surface area contributed by atoms with Crippen LogP contribution < -0.4 is 9.62 Å². The molecule has 1 N–H and O–H groups in total. The van der Waals surface area contributed by atoms with Crippen molar-refractivity contribution in [3.8, 4) is 11.3 Å². The number of benzene rings is 2. The Morgan fingerprint density at radius 1 is 1.09 bits per heavy atom. The Bertz CT molecular complexity index is 1390. The number of nitrogens with zero attached hydrogens (tertiary/aromatic N) is 1. The predicted octanol–water partition coefficient (Wildman–Crippen LogP) is 5.92. The van der Waals surface area contributed by atoms with E-state index in [1.807, 2.05) is 6.07 Å². The van der Waals surface area contributed by atoms with Crippen LogP contribution in [0, 0.1) is 16.6 Å². The maximum atomic E-state index is 13.6. The molecule has 0 atom stereocenters. The first-order valence-electron chi connectivity index (χ1n) is 11.7. The van der Waals surface area contributed by atoms with Gasteiger partial charge in [0.15, 0.2) is 0 Å². The normalized spacial score (nSPS) is 17.6. The monoisotopic (exact) mass is 500 g/mol. The van der Waals surface area contributed by atoms with Gasteiger partial charge < -0.3 is 9.73 Å². The standard InChI is InChI=1S/C27H33FN2O4S/c1-26(2)14-17(15-27(26,3)4)19-12-20-22(13-21(19)30(6)35(7,32)33)34-24(23(20)25(31)29-5)16-8-10-18(28)11-9-16/h8-13,17H,14-15H2,1-7H3,(H,29,31). The number of hydrogen-bond donors (Lipinski definition) is 1. The van der Waals surface area contributed by atoms with Gasteiger partial charge in [0.25, 0.3) is 5.91 Å². The lowest BCUT2D eigenvalue weighted by Crippen LogP contribution is -2.26. The summed E-state index contributed by atoms with van der Waals surface area (Å²) in [6.07, 6.45) is 2.94. The highest BCUT2D eigenvalue weighted by Crippen LogP contribution is 2.59. The van der Waals surface area contributed by atoms with Crippen LogP contribution in [0.4, 0.5) is 10.1 Å². The number of hydrogen-bond acceptors (Lipinski definition) is 4. The minimum atomic E-state index is -3.54. The van der Waals surface area contributed by atoms with E-state index in [9.17, 15) is 17.6 Å². The second-order valence-corrected chi connectivity index (χ2v) is 12.9. The Labute approximate surface area is 206 Å². The SMILES string of the molecule is CNC(=O)c1c(-c2ccc(F)cc2)oc2cc(N(C)S(C)(=O)=O)c(C3CC(C)(C)C(C)(C)C3)cc12. The van der Waals surface area contributed by atoms with Crippen molar-refractivity contribution in [3.63, 3.8) is 0 Å². The van der Waals surface area contributed by atoms with Crippen molar-refractivity contribution in [1.29, 1.82) is 0 Å². The minimum Gasteiger partial charge on any atom is -0.455 e. The number of amides is 1. The number of anilines is 1. The summed E-state index contributed by atoms with van der Waals surface area (Å²) in [5.74, 6) is -0.302. The summed E-state index contributed by atoms with van der Waals surface area (Å²) < 4.78 is 46.1. The van der Waals surface area contributed by atoms with Gasteiger partial charge in [-0.25, -0.2) is 12.8 Å². The zero-order chi connectivity index (χ0) is 25.9. The van der Waals surface area contributed by atoms with Crippen molar-refractivity contribution in [2.45, 2.75) is 46.5 Å². The third kappa shape index (κ3) is 4.33. The lowest BCUT2D eigenvalue weighted by atomic mass is 9.71. The number of sulfonamides is 1. The van der Waals surface area contributed by atoms with Crippen molar-refractivity contribution in [2.75, 3.05) is 24.7 Å². The van der Waals surface area contributed by atoms with Gasteiger partial charge in [-0.1, -0.05) is 27.7 Å². The molecular formula is C27H33FN2O4S. The van der Waals surface area contributed by atoms with E-state index in [4.69, 9.17) is 4.42 Å². The minimum absolute atomic E-state index is 0.0485. The van der Waals surface area contributed by atoms with Gasteiger partial charge in [0.05, 0.1) is 17.5 Å². The van der Waals surface area contributed by atoms with Gasteiger partial charge in [0.1, 0.15) is 17.2 Å². The van der Waals surface area contributed by atoms with Crippen LogP contribution in [0.3, 0.4) is 0 Å². The molecule has 4 rings (SSSR count). The van der Waals surface area contributed by atoms with E-state index in [0.29, 0.717) is 33.5 Å². The smallest absolute Gasteiger partial charge is 0.255 e. The molecule has 35 heavy (non-hydrogen) atoms. The summed E-state index contributed by atoms with van der Waals surface area (Å²) in [6.45, 7) is 8.97. The van der Waals surface area contributed by atoms with Crippen LogP contribution in [-0.4, -0.2) is 34.7 Å². The molecule has 0 aliphatic heterocycles. The average molecular weight is 501 g/mol. The highest BCUT2D eigenvalue weighted by molar-refractivity contribution is 7.92. The number of carbonyl (C=O) groups is 1. The Morgan fingerprint density at radius 2 is 1.66 bits per heavy atom. The lowest BCUT2D eigenvalue weighted by molar-refractivity contribution is 0.0964. The van der Waals surface area contributed by atoms with Gasteiger partial charge >= 0.3 is 0 Å². The summed E-state index contributed by atoms with van der Waals surface area (Å²) in [4.78, 5) is 13.0. The molecule has 1 heterocycles. The van der Waals surface area contributed by atoms with Crippen molar-refractivity contribution in [1.82, 2.24) is 5.32 Å². The summed E-state index contributed by atoms with van der Waals surface area (Å²) >= 11 is 0. The van der Waals surface area contributed by atoms with Crippen LogP contribution in [0.5, 0.6) is 0 Å². The lowest BCUT2D eigenvalue weighted by Gasteiger charge is -2.34. The zero-order valence-electron chi connectivity index (χ0n) is 21.3. The fourth-order valence-corrected chi connectivity index (χ4v) is 5.67. The molecular weight excluding hydrogens is 467 g/mol. The molecule has 0 bridgehead atoms. The molecule has 1 aromatic heterocycles. The highest BCUT2D eigenvalue weighted by Gasteiger charge is 2.47. The van der Waals surface area contributed by atoms with E-state index in [1.165, 1.54) is 29.7 Å². The van der Waals surface area contributed by atoms with Crippen molar-refractivity contribution < 1.29 is 22.0 Å². The summed E-state index contributed by atoms with van der Waals surface area (Å²) in [7, 11) is -0.462. The van der Waals surface area contributed by atoms with E-state index in [0.717, 1.165) is 18.4 Å². The molecule has 1 aliphatic rings. The van der Waals surface area contributed by atoms with Crippen LogP contribution in [0.1, 0.15) is 62.4 Å². The van der Waals surface area contributed by atoms with Gasteiger partial charge in [-0.05, 0) is 65.5 Å². The number of halogens is 1. The van der Waals surface area contributed by atoms with Crippen LogP contribution in [0.2, 0.25) is 0 Å². The van der Waals surface area contributed by atoms with Crippen LogP contribution in [0.15, 0.2) is 40.8 Å². The largest absolute Gasteiger partial charge is 0.455 e. The van der Waals surface area contributed by atoms with E-state index in [-0.39, 0.29) is 22.7 Å². The van der Waals surface area contributed by atoms with Crippen LogP contribution >= 0.6 is 0 Å². The molecule has 6 nitrogen and oxygen atoms in total. The maximum absolute atomic E-state index is 13.6. The third-order valence-electron chi connectivity index (χ3n) is 8.02. The number of furan rings is 1. The Morgan fingerprint density at radius 3 is 2.17 bits per heavy atom. The van der Waals surface area contributed by atoms with Crippen LogP contribution in [-0.2, 0) is 10.0 Å². The van der Waals surface area contributed by atoms with Gasteiger partial charge in [0, 0.05) is 31.1 Å². The van der Waals surface area contributed by atoms with Crippen molar-refractivity contribution >= 4 is 32.6 Å². The molecule has 1 saturated carbocycles. The van der Waals surface area contributed by atoms with Crippen LogP contribution in [0.25, 0.3) is 22.3 Å². The summed E-state index contributed by atoms with van der Waals surface area (Å²) in [5.41, 5.74) is 2.82. The Hall–Kier alpha value is -2.87. The average Bonchev–Trinajstić information content (AvgIpc) is 3.24. The highest BCUT2D eigenvalue weighted by atomic mass is 32.2. The second-order valence-electron chi connectivity index (χ2n) is 10.9. The summed E-state index contributed by atoms with van der Waals surface area (Å²) in [5, 5.41) is 3.28. The molecule has 2 aromatic carbocycles. The van der Waals surface area contributed by atoms with Gasteiger partial charge in [-0.15, -0.1) is 0 Å². The Balaban J connectivity index is 2.02. The van der Waals surface area contributed by atoms with Crippen molar-refractivity contribution in [3.05, 3.63) is 53.3 Å². The molecule has 0 radical (unpaired) electrons. The number of rotatable bonds is 5. The first-order chi connectivity index (χ1) is 16.2. The zero-order valence-corrected chi connectivity index (χ0v) is 22.1. The molecule has 1 aliphatic carbocycles. The molecule has 0 spiro atoms. The molecule has 188 valence electrons. The molecule has 1 amide bonds. The first-order valence-corrected chi connectivity index (χ1v) is 13.5. The fraction of sp³-hybridized carbons (Fsp3) is 0.444.